The van der Waals surface area contributed by atoms with Gasteiger partial charge < -0.3 is 24.3 Å². The summed E-state index contributed by atoms with van der Waals surface area (Å²) in [6.45, 7) is 5.50. The molecule has 3 heterocycles. The number of hydrogen-bond acceptors (Lipinski definition) is 8. The molecule has 232 valence electrons. The van der Waals surface area contributed by atoms with Crippen molar-refractivity contribution >= 4 is 57.2 Å². The lowest BCUT2D eigenvalue weighted by atomic mass is 10.00. The predicted octanol–water partition coefficient (Wildman–Crippen LogP) is 5.91. The first-order valence-corrected chi connectivity index (χ1v) is 16.0. The molecular formula is C34H33N3O6S2. The molecule has 0 aliphatic carbocycles. The Labute approximate surface area is 270 Å². The van der Waals surface area contributed by atoms with E-state index in [1.54, 1.807) is 17.0 Å². The van der Waals surface area contributed by atoms with Gasteiger partial charge in [0.2, 0.25) is 0 Å². The third kappa shape index (κ3) is 7.56. The molecule has 0 atom stereocenters. The van der Waals surface area contributed by atoms with Crippen molar-refractivity contribution in [2.24, 2.45) is 0 Å². The minimum Gasteiger partial charge on any atom is -0.494 e. The SMILES string of the molecule is O=C(O)c1ccc(OCCCN2C(=O)/C(=C/c3ccc(OCCN4CCOCC4)c(-c4ccc5[nH]ccc5c4)c3)SC2=S)cc1. The predicted molar refractivity (Wildman–Crippen MR) is 180 cm³/mol. The molecule has 1 aromatic heterocycles. The summed E-state index contributed by atoms with van der Waals surface area (Å²) < 4.78 is 18.0. The number of carbonyl (C=O) groups is 2. The number of aromatic carboxylic acids is 1. The molecule has 3 aromatic carbocycles. The van der Waals surface area contributed by atoms with Gasteiger partial charge in [0.25, 0.3) is 5.91 Å². The Hall–Kier alpha value is -4.16. The third-order valence-corrected chi connectivity index (χ3v) is 9.08. The van der Waals surface area contributed by atoms with Crippen LogP contribution in [0.15, 0.2) is 77.8 Å². The van der Waals surface area contributed by atoms with Gasteiger partial charge in [-0.1, -0.05) is 36.1 Å². The number of aromatic nitrogens is 1. The van der Waals surface area contributed by atoms with Crippen molar-refractivity contribution in [3.63, 3.8) is 0 Å². The van der Waals surface area contributed by atoms with Crippen molar-refractivity contribution in [2.75, 3.05) is 52.6 Å². The van der Waals surface area contributed by atoms with Crippen LogP contribution < -0.4 is 9.47 Å². The van der Waals surface area contributed by atoms with E-state index in [1.165, 1.54) is 23.9 Å². The number of H-pyrrole nitrogens is 1. The van der Waals surface area contributed by atoms with Crippen LogP contribution >= 0.6 is 24.0 Å². The highest BCUT2D eigenvalue weighted by Gasteiger charge is 2.31. The van der Waals surface area contributed by atoms with E-state index in [1.807, 2.05) is 30.5 Å². The number of ether oxygens (including phenoxy) is 3. The normalized spacial score (nSPS) is 16.5. The highest BCUT2D eigenvalue weighted by Crippen LogP contribution is 2.36. The maximum atomic E-state index is 13.3. The molecule has 45 heavy (non-hydrogen) atoms. The smallest absolute Gasteiger partial charge is 0.335 e. The molecule has 0 bridgehead atoms. The van der Waals surface area contributed by atoms with Gasteiger partial charge in [-0.3, -0.25) is 14.6 Å². The van der Waals surface area contributed by atoms with E-state index >= 15 is 0 Å². The molecule has 2 N–H and O–H groups in total. The number of amides is 1. The summed E-state index contributed by atoms with van der Waals surface area (Å²) in [5.41, 5.74) is 4.14. The molecule has 11 heteroatoms. The Kier molecular flexibility index (Phi) is 9.80. The molecule has 0 saturated carbocycles. The molecule has 4 aromatic rings. The van der Waals surface area contributed by atoms with Gasteiger partial charge in [-0.05, 0) is 83.6 Å². The summed E-state index contributed by atoms with van der Waals surface area (Å²) in [6, 6.07) is 20.6. The number of rotatable bonds is 12. The summed E-state index contributed by atoms with van der Waals surface area (Å²) in [5, 5.41) is 10.2. The molecular weight excluding hydrogens is 611 g/mol. The number of carboxylic acids is 1. The van der Waals surface area contributed by atoms with Crippen LogP contribution in [0.3, 0.4) is 0 Å². The van der Waals surface area contributed by atoms with Crippen LogP contribution in [-0.4, -0.2) is 88.7 Å². The van der Waals surface area contributed by atoms with Crippen LogP contribution in [0, 0.1) is 0 Å². The number of aromatic amines is 1. The molecule has 2 aliphatic rings. The summed E-state index contributed by atoms with van der Waals surface area (Å²) >= 11 is 6.85. The fourth-order valence-electron chi connectivity index (χ4n) is 5.27. The average Bonchev–Trinajstić information content (AvgIpc) is 3.63. The van der Waals surface area contributed by atoms with Crippen molar-refractivity contribution in [2.45, 2.75) is 6.42 Å². The quantitative estimate of drug-likeness (QED) is 0.111. The molecule has 2 fully saturated rings. The van der Waals surface area contributed by atoms with E-state index < -0.39 is 5.97 Å². The Balaban J connectivity index is 1.13. The number of carboxylic acid groups (broad SMARTS) is 1. The van der Waals surface area contributed by atoms with E-state index in [0.717, 1.165) is 66.2 Å². The van der Waals surface area contributed by atoms with E-state index in [0.29, 0.717) is 41.2 Å². The highest BCUT2D eigenvalue weighted by molar-refractivity contribution is 8.26. The van der Waals surface area contributed by atoms with Crippen molar-refractivity contribution < 1.29 is 28.9 Å². The van der Waals surface area contributed by atoms with Crippen molar-refractivity contribution in [3.05, 3.63) is 89.0 Å². The zero-order chi connectivity index (χ0) is 31.2. The van der Waals surface area contributed by atoms with Gasteiger partial charge in [-0.2, -0.15) is 0 Å². The van der Waals surface area contributed by atoms with Crippen LogP contribution in [0.2, 0.25) is 0 Å². The average molecular weight is 644 g/mol. The van der Waals surface area contributed by atoms with Gasteiger partial charge in [0.05, 0.1) is 30.3 Å². The van der Waals surface area contributed by atoms with Crippen molar-refractivity contribution in [3.8, 4) is 22.6 Å². The number of nitrogens with zero attached hydrogens (tertiary/aromatic N) is 2. The molecule has 0 spiro atoms. The van der Waals surface area contributed by atoms with Crippen molar-refractivity contribution in [1.29, 1.82) is 0 Å². The van der Waals surface area contributed by atoms with Crippen LogP contribution in [-0.2, 0) is 9.53 Å². The molecule has 0 radical (unpaired) electrons. The summed E-state index contributed by atoms with van der Waals surface area (Å²) in [6.07, 6.45) is 4.38. The van der Waals surface area contributed by atoms with E-state index in [4.69, 9.17) is 31.5 Å². The van der Waals surface area contributed by atoms with Gasteiger partial charge >= 0.3 is 5.97 Å². The second kappa shape index (κ2) is 14.3. The number of fused-ring (bicyclic) bond motifs is 1. The fraction of sp³-hybridized carbons (Fsp3) is 0.265. The zero-order valence-electron chi connectivity index (χ0n) is 24.6. The molecule has 2 aliphatic heterocycles. The number of nitrogens with one attached hydrogen (secondary N) is 1. The highest BCUT2D eigenvalue weighted by atomic mass is 32.2. The lowest BCUT2D eigenvalue weighted by Gasteiger charge is -2.26. The van der Waals surface area contributed by atoms with Crippen molar-refractivity contribution in [1.82, 2.24) is 14.8 Å². The number of thioether (sulfide) groups is 1. The second-order valence-electron chi connectivity index (χ2n) is 10.7. The van der Waals surface area contributed by atoms with Crippen LogP contribution in [0.5, 0.6) is 11.5 Å². The minimum absolute atomic E-state index is 0.128. The van der Waals surface area contributed by atoms with Gasteiger partial charge in [0, 0.05) is 43.5 Å². The molecule has 1 amide bonds. The molecule has 6 rings (SSSR count). The van der Waals surface area contributed by atoms with Gasteiger partial charge in [-0.15, -0.1) is 0 Å². The van der Waals surface area contributed by atoms with Gasteiger partial charge in [0.1, 0.15) is 22.4 Å². The Morgan fingerprint density at radius 3 is 2.62 bits per heavy atom. The van der Waals surface area contributed by atoms with E-state index in [-0.39, 0.29) is 11.5 Å². The van der Waals surface area contributed by atoms with Crippen LogP contribution in [0.4, 0.5) is 0 Å². The zero-order valence-corrected chi connectivity index (χ0v) is 26.2. The topological polar surface area (TPSA) is 104 Å². The van der Waals surface area contributed by atoms with Crippen LogP contribution in [0.25, 0.3) is 28.1 Å². The number of morpholine rings is 1. The van der Waals surface area contributed by atoms with E-state index in [2.05, 4.69) is 34.1 Å². The maximum absolute atomic E-state index is 13.3. The first-order valence-electron chi connectivity index (χ1n) is 14.8. The Bertz CT molecular complexity index is 1730. The largest absolute Gasteiger partial charge is 0.494 e. The first kappa shape index (κ1) is 30.8. The summed E-state index contributed by atoms with van der Waals surface area (Å²) in [5.74, 6) is 0.254. The fourth-order valence-corrected chi connectivity index (χ4v) is 6.58. The summed E-state index contributed by atoms with van der Waals surface area (Å²) in [4.78, 5) is 32.1. The van der Waals surface area contributed by atoms with E-state index in [9.17, 15) is 9.59 Å². The first-order chi connectivity index (χ1) is 21.9. The monoisotopic (exact) mass is 643 g/mol. The number of hydrogen-bond donors (Lipinski definition) is 2. The molecule has 9 nitrogen and oxygen atoms in total. The molecule has 0 unspecified atom stereocenters. The Morgan fingerprint density at radius 1 is 1.00 bits per heavy atom. The third-order valence-electron chi connectivity index (χ3n) is 7.70. The minimum atomic E-state index is -0.984. The standard InChI is InChI=1S/C34H33N3O6S2/c38-32-31(45-34(44)37(32)12-1-16-42-27-6-3-24(4-7-27)33(39)40)21-23-2-9-30(43-19-15-36-13-17-41-18-14-36)28(20-23)25-5-8-29-26(22-25)10-11-35-29/h2-11,20-22,35H,1,12-19H2,(H,39,40)/b31-21-. The number of benzene rings is 3. The second-order valence-corrected chi connectivity index (χ2v) is 12.4. The Morgan fingerprint density at radius 2 is 1.82 bits per heavy atom. The lowest BCUT2D eigenvalue weighted by Crippen LogP contribution is -2.38. The van der Waals surface area contributed by atoms with Gasteiger partial charge in [0.15, 0.2) is 0 Å². The molecule has 2 saturated heterocycles. The van der Waals surface area contributed by atoms with Crippen LogP contribution in [0.1, 0.15) is 22.3 Å². The number of carbonyl (C=O) groups excluding carboxylic acids is 1. The maximum Gasteiger partial charge on any atom is 0.335 e. The summed E-state index contributed by atoms with van der Waals surface area (Å²) in [7, 11) is 0. The van der Waals surface area contributed by atoms with Gasteiger partial charge in [-0.25, -0.2) is 4.79 Å². The lowest BCUT2D eigenvalue weighted by molar-refractivity contribution is -0.122. The number of thiocarbonyl (C=S) groups is 1.